The maximum Gasteiger partial charge on any atom is 0.116 e. The number of rotatable bonds is 1. The minimum atomic E-state index is -1.17. The van der Waals surface area contributed by atoms with E-state index in [-0.39, 0.29) is 24.8 Å². The van der Waals surface area contributed by atoms with E-state index in [9.17, 15) is 0 Å². The van der Waals surface area contributed by atoms with Crippen molar-refractivity contribution < 1.29 is 49.5 Å². The number of aliphatic imine (C=N–C) groups is 1. The first-order valence-electron chi connectivity index (χ1n) is 10.2. The van der Waals surface area contributed by atoms with Crippen LogP contribution in [0.4, 0.5) is 0 Å². The number of benzene rings is 2. The summed E-state index contributed by atoms with van der Waals surface area (Å²) in [5.74, 6) is 0. The number of hydrogen-bond donors (Lipinski definition) is 0. The summed E-state index contributed by atoms with van der Waals surface area (Å²) in [5.41, 5.74) is 11.1. The molecule has 0 aromatic heterocycles. The molecule has 1 atom stereocenters. The molecule has 0 N–H and O–H groups in total. The topological polar surface area (TPSA) is 12.4 Å². The van der Waals surface area contributed by atoms with Crippen molar-refractivity contribution in [2.24, 2.45) is 4.99 Å². The van der Waals surface area contributed by atoms with Crippen LogP contribution in [0, 0.1) is 0 Å². The molecule has 2 aliphatic carbocycles. The molecule has 0 amide bonds. The van der Waals surface area contributed by atoms with Crippen molar-refractivity contribution in [3.8, 4) is 11.1 Å². The van der Waals surface area contributed by atoms with Gasteiger partial charge >= 0.3 is 118 Å². The van der Waals surface area contributed by atoms with Crippen molar-refractivity contribution in [2.45, 2.75) is 30.6 Å². The number of hydrogen-bond acceptors (Lipinski definition) is 1. The summed E-state index contributed by atoms with van der Waals surface area (Å²) >= 11 is 1.58. The molecule has 0 radical (unpaired) electrons. The minimum absolute atomic E-state index is 0. The third-order valence-corrected chi connectivity index (χ3v) is 12.0. The van der Waals surface area contributed by atoms with Crippen LogP contribution in [0.1, 0.15) is 28.6 Å². The van der Waals surface area contributed by atoms with E-state index in [4.69, 9.17) is 0 Å². The Labute approximate surface area is 213 Å². The zero-order valence-electron chi connectivity index (χ0n) is 18.1. The molecular weight excluding hydrogens is 517 g/mol. The van der Waals surface area contributed by atoms with Gasteiger partial charge < -0.3 is 24.8 Å². The van der Waals surface area contributed by atoms with Gasteiger partial charge in [0.05, 0.1) is 5.70 Å². The van der Waals surface area contributed by atoms with E-state index in [1.165, 1.54) is 44.8 Å². The minimum Gasteiger partial charge on any atom is -1.00 e. The van der Waals surface area contributed by atoms with Gasteiger partial charge in [0.25, 0.3) is 0 Å². The van der Waals surface area contributed by atoms with E-state index >= 15 is 0 Å². The van der Waals surface area contributed by atoms with E-state index in [2.05, 4.69) is 98.7 Å². The molecule has 4 aliphatic rings. The Morgan fingerprint density at radius 3 is 2.32 bits per heavy atom. The van der Waals surface area contributed by atoms with Gasteiger partial charge in [-0.3, -0.25) is 4.99 Å². The summed E-state index contributed by atoms with van der Waals surface area (Å²) in [7, 11) is -1.17. The Hall–Kier alpha value is -1.25. The van der Waals surface area contributed by atoms with Crippen molar-refractivity contribution in [2.75, 3.05) is 0 Å². The molecule has 2 heterocycles. The summed E-state index contributed by atoms with van der Waals surface area (Å²) in [4.78, 5) is 4.56. The number of fused-ring (bicyclic) bond motifs is 1. The van der Waals surface area contributed by atoms with Crippen LogP contribution in [0.15, 0.2) is 92.9 Å². The SMILES string of the molecule is CC1=Cc2c(-c3ccccc3)cccc2[CH]1[Zr+2].CC1=NC2=CC=C3C2=C1[Si]3(C)C.[Cl-].[Cl-]. The third kappa shape index (κ3) is 3.78. The van der Waals surface area contributed by atoms with E-state index in [1.807, 2.05) is 0 Å². The summed E-state index contributed by atoms with van der Waals surface area (Å²) in [6.45, 7) is 9.22. The van der Waals surface area contributed by atoms with Crippen LogP contribution in [-0.2, 0) is 24.7 Å². The number of halogens is 2. The molecule has 0 saturated heterocycles. The third-order valence-electron chi connectivity index (χ3n) is 6.49. The molecule has 0 saturated carbocycles. The van der Waals surface area contributed by atoms with Gasteiger partial charge in [0.2, 0.25) is 0 Å². The van der Waals surface area contributed by atoms with E-state index in [0.717, 1.165) is 0 Å². The normalized spacial score (nSPS) is 20.5. The second kappa shape index (κ2) is 8.94. The van der Waals surface area contributed by atoms with Gasteiger partial charge in [0.1, 0.15) is 8.07 Å². The predicted molar refractivity (Wildman–Crippen MR) is 122 cm³/mol. The second-order valence-corrected chi connectivity index (χ2v) is 14.4. The van der Waals surface area contributed by atoms with Gasteiger partial charge in [-0.25, -0.2) is 0 Å². The van der Waals surface area contributed by atoms with E-state index < -0.39 is 8.07 Å². The molecule has 0 fully saturated rings. The molecule has 2 aliphatic heterocycles. The standard InChI is InChI=1S/C16H13.C10H11NSi.2ClH.Zr/c1-12-10-14-8-5-9-15(16(14)11-12)13-6-3-2-4-7-13;1-6-10-9-7(11-6)4-5-8(9)12(10,2)3;;;/h2-11H,1H3;4-5H,1-3H3;2*1H;/q;;;;+2/p-2. The van der Waals surface area contributed by atoms with Crippen molar-refractivity contribution in [3.05, 3.63) is 99.0 Å². The van der Waals surface area contributed by atoms with Crippen molar-refractivity contribution in [3.63, 3.8) is 0 Å². The Morgan fingerprint density at radius 2 is 1.61 bits per heavy atom. The summed E-state index contributed by atoms with van der Waals surface area (Å²) < 4.78 is 0.654. The molecule has 6 rings (SSSR count). The van der Waals surface area contributed by atoms with Gasteiger partial charge in [0, 0.05) is 11.3 Å². The molecular formula is C26H24Cl2NSiZr. The zero-order valence-corrected chi connectivity index (χ0v) is 23.1. The van der Waals surface area contributed by atoms with Gasteiger partial charge in [0.15, 0.2) is 0 Å². The van der Waals surface area contributed by atoms with Crippen LogP contribution < -0.4 is 24.8 Å². The first-order valence-corrected chi connectivity index (χ1v) is 14.6. The van der Waals surface area contributed by atoms with Crippen molar-refractivity contribution in [1.29, 1.82) is 0 Å². The molecule has 0 spiro atoms. The fourth-order valence-corrected chi connectivity index (χ4v) is 9.15. The van der Waals surface area contributed by atoms with Crippen molar-refractivity contribution in [1.82, 2.24) is 0 Å². The number of allylic oxidation sites excluding steroid dienone is 5. The average molecular weight is 541 g/mol. The maximum atomic E-state index is 4.56. The van der Waals surface area contributed by atoms with Crippen LogP contribution in [0.3, 0.4) is 0 Å². The van der Waals surface area contributed by atoms with Crippen molar-refractivity contribution >= 4 is 19.9 Å². The first kappa shape index (κ1) is 24.4. The maximum absolute atomic E-state index is 4.56. The fourth-order valence-electron chi connectivity index (χ4n) is 5.02. The molecule has 155 valence electrons. The Kier molecular flexibility index (Phi) is 7.04. The van der Waals surface area contributed by atoms with E-state index in [1.54, 1.807) is 35.1 Å². The van der Waals surface area contributed by atoms with Gasteiger partial charge in [-0.2, -0.15) is 0 Å². The van der Waals surface area contributed by atoms with E-state index in [0.29, 0.717) is 3.63 Å². The molecule has 31 heavy (non-hydrogen) atoms. The molecule has 2 aromatic rings. The van der Waals surface area contributed by atoms with Crippen LogP contribution >= 0.6 is 0 Å². The Bertz CT molecular complexity index is 1200. The molecule has 1 unspecified atom stereocenters. The van der Waals surface area contributed by atoms with Crippen LogP contribution in [0.25, 0.3) is 17.2 Å². The molecule has 2 aromatic carbocycles. The van der Waals surface area contributed by atoms with Gasteiger partial charge in [-0.1, -0.05) is 19.2 Å². The monoisotopic (exact) mass is 538 g/mol. The zero-order chi connectivity index (χ0) is 20.3. The first-order chi connectivity index (χ1) is 13.9. The van der Waals surface area contributed by atoms with Gasteiger partial charge in [-0.15, -0.1) is 0 Å². The Balaban J connectivity index is 0.000000173. The molecule has 0 bridgehead atoms. The van der Waals surface area contributed by atoms with Crippen LogP contribution in [-0.4, -0.2) is 13.8 Å². The smallest absolute Gasteiger partial charge is 0.116 e. The van der Waals surface area contributed by atoms with Gasteiger partial charge in [-0.05, 0) is 23.4 Å². The second-order valence-electron chi connectivity index (χ2n) is 8.70. The van der Waals surface area contributed by atoms with Crippen LogP contribution in [0.2, 0.25) is 13.1 Å². The summed E-state index contributed by atoms with van der Waals surface area (Å²) in [6.07, 6.45) is 6.80. The quantitative estimate of drug-likeness (QED) is 0.474. The largest absolute Gasteiger partial charge is 1.00 e. The average Bonchev–Trinajstić information content (AvgIpc) is 3.32. The molecule has 5 heteroatoms. The molecule has 1 nitrogen and oxygen atoms in total. The predicted octanol–water partition coefficient (Wildman–Crippen LogP) is 0.748. The summed E-state index contributed by atoms with van der Waals surface area (Å²) in [5, 5.41) is 3.23. The number of nitrogens with zero attached hydrogens (tertiary/aromatic N) is 1. The Morgan fingerprint density at radius 1 is 0.903 bits per heavy atom. The summed E-state index contributed by atoms with van der Waals surface area (Å²) in [6, 6.07) is 17.3. The fraction of sp³-hybridized carbons (Fsp3) is 0.192. The van der Waals surface area contributed by atoms with Crippen LogP contribution in [0.5, 0.6) is 0 Å².